The zero-order chi connectivity index (χ0) is 11.5. The molecule has 2 N–H and O–H groups in total. The first-order valence-corrected chi connectivity index (χ1v) is 5.58. The molecule has 1 atom stereocenters. The predicted octanol–water partition coefficient (Wildman–Crippen LogP) is 2.59. The Hall–Kier alpha value is -1.32. The van der Waals surface area contributed by atoms with Gasteiger partial charge < -0.3 is 10.3 Å². The van der Waals surface area contributed by atoms with Crippen molar-refractivity contribution in [3.63, 3.8) is 0 Å². The molecule has 2 aromatic rings. The highest BCUT2D eigenvalue weighted by Crippen LogP contribution is 2.17. The van der Waals surface area contributed by atoms with Crippen LogP contribution in [-0.4, -0.2) is 16.1 Å². The molecule has 0 aliphatic rings. The summed E-state index contributed by atoms with van der Waals surface area (Å²) in [6, 6.07) is 7.67. The zero-order valence-electron chi connectivity index (χ0n) is 9.10. The second-order valence-corrected chi connectivity index (χ2v) is 4.26. The van der Waals surface area contributed by atoms with Crippen molar-refractivity contribution in [2.24, 2.45) is 5.73 Å². The van der Waals surface area contributed by atoms with Crippen molar-refractivity contribution in [1.29, 1.82) is 0 Å². The van der Waals surface area contributed by atoms with Crippen LogP contribution < -0.4 is 5.73 Å². The molecule has 0 fully saturated rings. The van der Waals surface area contributed by atoms with E-state index in [2.05, 4.69) is 11.9 Å². The fourth-order valence-corrected chi connectivity index (χ4v) is 1.68. The third-order valence-electron chi connectivity index (χ3n) is 2.57. The molecule has 0 bridgehead atoms. The van der Waals surface area contributed by atoms with Crippen LogP contribution in [0.25, 0.3) is 5.69 Å². The molecule has 0 saturated heterocycles. The van der Waals surface area contributed by atoms with Crippen molar-refractivity contribution in [3.05, 3.63) is 47.5 Å². The SMILES string of the molecule is CC(CN)c1cn(-c2cccc(Cl)c2)cn1. The molecule has 0 aliphatic heterocycles. The number of halogens is 1. The van der Waals surface area contributed by atoms with Gasteiger partial charge in [0, 0.05) is 29.4 Å². The van der Waals surface area contributed by atoms with Gasteiger partial charge in [-0.25, -0.2) is 4.98 Å². The summed E-state index contributed by atoms with van der Waals surface area (Å²) >= 11 is 5.94. The summed E-state index contributed by atoms with van der Waals surface area (Å²) in [6.07, 6.45) is 3.77. The Morgan fingerprint density at radius 2 is 2.31 bits per heavy atom. The number of nitrogens with zero attached hydrogens (tertiary/aromatic N) is 2. The van der Waals surface area contributed by atoms with E-state index in [9.17, 15) is 0 Å². The van der Waals surface area contributed by atoms with Crippen LogP contribution in [0.15, 0.2) is 36.8 Å². The fraction of sp³-hybridized carbons (Fsp3) is 0.250. The molecule has 84 valence electrons. The fourth-order valence-electron chi connectivity index (χ4n) is 1.49. The molecule has 16 heavy (non-hydrogen) atoms. The maximum atomic E-state index is 5.94. The van der Waals surface area contributed by atoms with Crippen molar-refractivity contribution >= 4 is 11.6 Å². The highest BCUT2D eigenvalue weighted by atomic mass is 35.5. The van der Waals surface area contributed by atoms with Crippen LogP contribution in [0, 0.1) is 0 Å². The summed E-state index contributed by atoms with van der Waals surface area (Å²) < 4.78 is 1.95. The van der Waals surface area contributed by atoms with Gasteiger partial charge in [-0.3, -0.25) is 0 Å². The normalized spacial score (nSPS) is 12.7. The van der Waals surface area contributed by atoms with Crippen LogP contribution in [0.2, 0.25) is 5.02 Å². The van der Waals surface area contributed by atoms with E-state index in [4.69, 9.17) is 17.3 Å². The standard InChI is InChI=1S/C12H14ClN3/c1-9(6-14)12-7-16(8-15-12)11-4-2-3-10(13)5-11/h2-5,7-9H,6,14H2,1H3. The van der Waals surface area contributed by atoms with Gasteiger partial charge in [0.15, 0.2) is 0 Å². The van der Waals surface area contributed by atoms with E-state index in [-0.39, 0.29) is 5.92 Å². The third-order valence-corrected chi connectivity index (χ3v) is 2.80. The van der Waals surface area contributed by atoms with E-state index in [1.165, 1.54) is 0 Å². The second kappa shape index (κ2) is 4.68. The quantitative estimate of drug-likeness (QED) is 0.889. The molecular weight excluding hydrogens is 222 g/mol. The van der Waals surface area contributed by atoms with Crippen LogP contribution >= 0.6 is 11.6 Å². The summed E-state index contributed by atoms with van der Waals surface area (Å²) in [4.78, 5) is 4.33. The predicted molar refractivity (Wildman–Crippen MR) is 66.0 cm³/mol. The Labute approximate surface area is 99.9 Å². The molecule has 4 heteroatoms. The van der Waals surface area contributed by atoms with Crippen molar-refractivity contribution in [2.75, 3.05) is 6.54 Å². The molecule has 1 aromatic carbocycles. The Bertz CT molecular complexity index is 479. The lowest BCUT2D eigenvalue weighted by molar-refractivity contribution is 0.750. The van der Waals surface area contributed by atoms with Gasteiger partial charge in [-0.2, -0.15) is 0 Å². The zero-order valence-corrected chi connectivity index (χ0v) is 9.85. The van der Waals surface area contributed by atoms with E-state index < -0.39 is 0 Å². The lowest BCUT2D eigenvalue weighted by Crippen LogP contribution is -2.08. The van der Waals surface area contributed by atoms with Crippen LogP contribution in [0.1, 0.15) is 18.5 Å². The molecule has 0 amide bonds. The summed E-state index contributed by atoms with van der Waals surface area (Å²) in [6.45, 7) is 2.66. The number of aromatic nitrogens is 2. The lowest BCUT2D eigenvalue weighted by Gasteiger charge is -2.04. The van der Waals surface area contributed by atoms with Gasteiger partial charge in [0.05, 0.1) is 12.0 Å². The van der Waals surface area contributed by atoms with Crippen molar-refractivity contribution in [2.45, 2.75) is 12.8 Å². The Kier molecular flexibility index (Phi) is 3.27. The summed E-state index contributed by atoms with van der Waals surface area (Å²) in [7, 11) is 0. The summed E-state index contributed by atoms with van der Waals surface area (Å²) in [5.41, 5.74) is 7.62. The second-order valence-electron chi connectivity index (χ2n) is 3.82. The van der Waals surface area contributed by atoms with Gasteiger partial charge in [0.1, 0.15) is 0 Å². The van der Waals surface area contributed by atoms with Gasteiger partial charge in [-0.1, -0.05) is 24.6 Å². The number of benzene rings is 1. The van der Waals surface area contributed by atoms with Gasteiger partial charge in [0.25, 0.3) is 0 Å². The largest absolute Gasteiger partial charge is 0.330 e. The topological polar surface area (TPSA) is 43.8 Å². The molecule has 0 radical (unpaired) electrons. The van der Waals surface area contributed by atoms with Gasteiger partial charge in [-0.05, 0) is 18.2 Å². The maximum Gasteiger partial charge on any atom is 0.0995 e. The van der Waals surface area contributed by atoms with E-state index in [1.54, 1.807) is 6.33 Å². The highest BCUT2D eigenvalue weighted by Gasteiger charge is 2.07. The van der Waals surface area contributed by atoms with Crippen LogP contribution in [0.4, 0.5) is 0 Å². The Morgan fingerprint density at radius 1 is 1.50 bits per heavy atom. The van der Waals surface area contributed by atoms with E-state index in [0.717, 1.165) is 16.4 Å². The highest BCUT2D eigenvalue weighted by molar-refractivity contribution is 6.30. The third kappa shape index (κ3) is 2.26. The van der Waals surface area contributed by atoms with E-state index >= 15 is 0 Å². The minimum atomic E-state index is 0.278. The smallest absolute Gasteiger partial charge is 0.0995 e. The van der Waals surface area contributed by atoms with Crippen LogP contribution in [-0.2, 0) is 0 Å². The molecule has 0 spiro atoms. The first kappa shape index (κ1) is 11.2. The molecule has 0 aliphatic carbocycles. The first-order valence-electron chi connectivity index (χ1n) is 5.20. The molecule has 0 saturated carbocycles. The van der Waals surface area contributed by atoms with Crippen LogP contribution in [0.5, 0.6) is 0 Å². The van der Waals surface area contributed by atoms with E-state index in [1.807, 2.05) is 35.0 Å². The van der Waals surface area contributed by atoms with Crippen molar-refractivity contribution < 1.29 is 0 Å². The molecule has 1 heterocycles. The first-order chi connectivity index (χ1) is 7.70. The van der Waals surface area contributed by atoms with Gasteiger partial charge >= 0.3 is 0 Å². The Balaban J connectivity index is 2.31. The number of rotatable bonds is 3. The molecule has 2 rings (SSSR count). The summed E-state index contributed by atoms with van der Waals surface area (Å²) in [5.74, 6) is 0.278. The monoisotopic (exact) mass is 235 g/mol. The van der Waals surface area contributed by atoms with Crippen LogP contribution in [0.3, 0.4) is 0 Å². The number of nitrogens with two attached hydrogens (primary N) is 1. The number of hydrogen-bond acceptors (Lipinski definition) is 2. The maximum absolute atomic E-state index is 5.94. The summed E-state index contributed by atoms with van der Waals surface area (Å²) in [5, 5.41) is 0.722. The van der Waals surface area contributed by atoms with Crippen molar-refractivity contribution in [3.8, 4) is 5.69 Å². The minimum absolute atomic E-state index is 0.278. The lowest BCUT2D eigenvalue weighted by atomic mass is 10.1. The molecule has 1 aromatic heterocycles. The average Bonchev–Trinajstić information content (AvgIpc) is 2.77. The molecule has 3 nitrogen and oxygen atoms in total. The average molecular weight is 236 g/mol. The molecule has 1 unspecified atom stereocenters. The Morgan fingerprint density at radius 3 is 3.00 bits per heavy atom. The minimum Gasteiger partial charge on any atom is -0.330 e. The molecular formula is C12H14ClN3. The van der Waals surface area contributed by atoms with Gasteiger partial charge in [0.2, 0.25) is 0 Å². The van der Waals surface area contributed by atoms with Gasteiger partial charge in [-0.15, -0.1) is 0 Å². The number of imidazole rings is 1. The van der Waals surface area contributed by atoms with E-state index in [0.29, 0.717) is 6.54 Å². The van der Waals surface area contributed by atoms with Crippen molar-refractivity contribution in [1.82, 2.24) is 9.55 Å². The number of hydrogen-bond donors (Lipinski definition) is 1.